The van der Waals surface area contributed by atoms with E-state index in [0.717, 1.165) is 10.2 Å². The first-order valence-electron chi connectivity index (χ1n) is 4.46. The Bertz CT molecular complexity index is 316. The van der Waals surface area contributed by atoms with Crippen molar-refractivity contribution in [3.63, 3.8) is 0 Å². The van der Waals surface area contributed by atoms with Crippen LogP contribution in [0.1, 0.15) is 5.69 Å². The molecule has 0 fully saturated rings. The quantitative estimate of drug-likeness (QED) is 0.705. The fourth-order valence-corrected chi connectivity index (χ4v) is 1.22. The molecule has 3 N–H and O–H groups in total. The van der Waals surface area contributed by atoms with Gasteiger partial charge in [0.15, 0.2) is 0 Å². The van der Waals surface area contributed by atoms with E-state index >= 15 is 0 Å². The molecule has 15 heavy (non-hydrogen) atoms. The fourth-order valence-electron chi connectivity index (χ4n) is 0.985. The van der Waals surface area contributed by atoms with Crippen molar-refractivity contribution < 1.29 is 9.90 Å². The van der Waals surface area contributed by atoms with Crippen LogP contribution in [0.3, 0.4) is 0 Å². The first-order valence-corrected chi connectivity index (χ1v) is 5.26. The van der Waals surface area contributed by atoms with Gasteiger partial charge in [0.25, 0.3) is 0 Å². The number of carboxylic acid groups (broad SMARTS) is 1. The number of hydrogen-bond acceptors (Lipinski definition) is 3. The molecule has 1 aromatic rings. The Balaban J connectivity index is 2.15. The fraction of sp³-hybridized carbons (Fsp3) is 0.333. The van der Waals surface area contributed by atoms with Crippen LogP contribution in [0.2, 0.25) is 0 Å². The van der Waals surface area contributed by atoms with Gasteiger partial charge in [-0.1, -0.05) is 0 Å². The topological polar surface area (TPSA) is 74.2 Å². The lowest BCUT2D eigenvalue weighted by atomic mass is 10.3. The molecule has 1 amide bonds. The SMILES string of the molecule is O=C(O)NCCNCc1ccc(Br)cn1. The molecule has 0 saturated carbocycles. The average Bonchev–Trinajstić information content (AvgIpc) is 2.20. The van der Waals surface area contributed by atoms with E-state index in [1.165, 1.54) is 0 Å². The second kappa shape index (κ2) is 6.36. The molecule has 1 aromatic heterocycles. The second-order valence-electron chi connectivity index (χ2n) is 2.88. The molecule has 1 rings (SSSR count). The lowest BCUT2D eigenvalue weighted by molar-refractivity contribution is 0.194. The smallest absolute Gasteiger partial charge is 0.404 e. The third-order valence-corrected chi connectivity index (χ3v) is 2.14. The Hall–Kier alpha value is -1.14. The van der Waals surface area contributed by atoms with Crippen molar-refractivity contribution in [2.24, 2.45) is 0 Å². The summed E-state index contributed by atoms with van der Waals surface area (Å²) in [6, 6.07) is 3.82. The van der Waals surface area contributed by atoms with Gasteiger partial charge in [0, 0.05) is 30.3 Å². The van der Waals surface area contributed by atoms with Gasteiger partial charge in [0.05, 0.1) is 5.69 Å². The van der Waals surface area contributed by atoms with Crippen LogP contribution in [-0.4, -0.2) is 29.3 Å². The van der Waals surface area contributed by atoms with Crippen molar-refractivity contribution in [2.45, 2.75) is 6.54 Å². The van der Waals surface area contributed by atoms with Crippen LogP contribution in [-0.2, 0) is 6.54 Å². The molecule has 0 unspecified atom stereocenters. The van der Waals surface area contributed by atoms with Crippen molar-refractivity contribution in [1.29, 1.82) is 0 Å². The number of hydrogen-bond donors (Lipinski definition) is 3. The number of nitrogens with zero attached hydrogens (tertiary/aromatic N) is 1. The molecule has 0 spiro atoms. The summed E-state index contributed by atoms with van der Waals surface area (Å²) in [5.74, 6) is 0. The summed E-state index contributed by atoms with van der Waals surface area (Å²) >= 11 is 3.30. The van der Waals surface area contributed by atoms with Gasteiger partial charge >= 0.3 is 6.09 Å². The Kier molecular flexibility index (Phi) is 5.06. The first-order chi connectivity index (χ1) is 7.18. The predicted molar refractivity (Wildman–Crippen MR) is 59.7 cm³/mol. The molecule has 0 aliphatic carbocycles. The zero-order valence-corrected chi connectivity index (χ0v) is 9.62. The van der Waals surface area contributed by atoms with Gasteiger partial charge in [0.1, 0.15) is 0 Å². The monoisotopic (exact) mass is 273 g/mol. The van der Waals surface area contributed by atoms with Crippen molar-refractivity contribution in [3.05, 3.63) is 28.5 Å². The van der Waals surface area contributed by atoms with E-state index in [1.54, 1.807) is 6.20 Å². The van der Waals surface area contributed by atoms with Crippen LogP contribution < -0.4 is 10.6 Å². The highest BCUT2D eigenvalue weighted by molar-refractivity contribution is 9.10. The van der Waals surface area contributed by atoms with Crippen LogP contribution in [0.5, 0.6) is 0 Å². The maximum Gasteiger partial charge on any atom is 0.404 e. The molecule has 1 heterocycles. The molecule has 0 bridgehead atoms. The summed E-state index contributed by atoms with van der Waals surface area (Å²) in [7, 11) is 0. The Morgan fingerprint density at radius 2 is 2.27 bits per heavy atom. The standard InChI is InChI=1S/C9H12BrN3O2/c10-7-1-2-8(13-5-7)6-11-3-4-12-9(14)15/h1-2,5,11-12H,3-4,6H2,(H,14,15). The molecule has 82 valence electrons. The summed E-state index contributed by atoms with van der Waals surface area (Å²) in [6.07, 6.45) is 0.727. The molecule has 5 nitrogen and oxygen atoms in total. The number of aromatic nitrogens is 1. The lowest BCUT2D eigenvalue weighted by Crippen LogP contribution is -2.30. The first kappa shape index (κ1) is 11.9. The highest BCUT2D eigenvalue weighted by Crippen LogP contribution is 2.06. The molecular weight excluding hydrogens is 262 g/mol. The number of amides is 1. The third-order valence-electron chi connectivity index (χ3n) is 1.67. The molecule has 0 aromatic carbocycles. The highest BCUT2D eigenvalue weighted by atomic mass is 79.9. The van der Waals surface area contributed by atoms with Gasteiger partial charge in [-0.25, -0.2) is 4.79 Å². The minimum absolute atomic E-state index is 0.395. The van der Waals surface area contributed by atoms with Crippen LogP contribution in [0.4, 0.5) is 4.79 Å². The molecule has 0 aliphatic heterocycles. The summed E-state index contributed by atoms with van der Waals surface area (Å²) < 4.78 is 0.943. The largest absolute Gasteiger partial charge is 0.465 e. The maximum absolute atomic E-state index is 10.1. The van der Waals surface area contributed by atoms with Crippen LogP contribution in [0.15, 0.2) is 22.8 Å². The average molecular weight is 274 g/mol. The van der Waals surface area contributed by atoms with Gasteiger partial charge in [-0.2, -0.15) is 0 Å². The van der Waals surface area contributed by atoms with Crippen molar-refractivity contribution >= 4 is 22.0 Å². The van der Waals surface area contributed by atoms with Crippen molar-refractivity contribution in [2.75, 3.05) is 13.1 Å². The normalized spacial score (nSPS) is 9.93. The summed E-state index contributed by atoms with van der Waals surface area (Å²) in [5, 5.41) is 13.6. The molecule has 0 aliphatic rings. The minimum Gasteiger partial charge on any atom is -0.465 e. The molecular formula is C9H12BrN3O2. The van der Waals surface area contributed by atoms with Crippen LogP contribution >= 0.6 is 15.9 Å². The Morgan fingerprint density at radius 1 is 1.47 bits per heavy atom. The Morgan fingerprint density at radius 3 is 2.87 bits per heavy atom. The third kappa shape index (κ3) is 5.34. The molecule has 0 saturated heterocycles. The number of rotatable bonds is 5. The predicted octanol–water partition coefficient (Wildman–Crippen LogP) is 1.20. The van der Waals surface area contributed by atoms with Crippen LogP contribution in [0.25, 0.3) is 0 Å². The lowest BCUT2D eigenvalue weighted by Gasteiger charge is -2.04. The number of pyridine rings is 1. The van der Waals surface area contributed by atoms with E-state index in [9.17, 15) is 4.79 Å². The van der Waals surface area contributed by atoms with E-state index in [-0.39, 0.29) is 0 Å². The molecule has 6 heteroatoms. The van der Waals surface area contributed by atoms with E-state index in [2.05, 4.69) is 31.5 Å². The van der Waals surface area contributed by atoms with E-state index in [1.807, 2.05) is 12.1 Å². The van der Waals surface area contributed by atoms with Gasteiger partial charge in [0.2, 0.25) is 0 Å². The van der Waals surface area contributed by atoms with Gasteiger partial charge in [-0.05, 0) is 28.1 Å². The molecule has 0 atom stereocenters. The zero-order valence-electron chi connectivity index (χ0n) is 8.03. The van der Waals surface area contributed by atoms with Crippen LogP contribution in [0, 0.1) is 0 Å². The Labute approximate surface area is 96.0 Å². The number of carbonyl (C=O) groups is 1. The summed E-state index contributed by atoms with van der Waals surface area (Å²) in [4.78, 5) is 14.3. The summed E-state index contributed by atoms with van der Waals surface area (Å²) in [6.45, 7) is 1.62. The molecule has 0 radical (unpaired) electrons. The van der Waals surface area contributed by atoms with E-state index in [4.69, 9.17) is 5.11 Å². The summed E-state index contributed by atoms with van der Waals surface area (Å²) in [5.41, 5.74) is 0.925. The van der Waals surface area contributed by atoms with E-state index in [0.29, 0.717) is 19.6 Å². The minimum atomic E-state index is -1.00. The second-order valence-corrected chi connectivity index (χ2v) is 3.79. The van der Waals surface area contributed by atoms with Crippen molar-refractivity contribution in [1.82, 2.24) is 15.6 Å². The van der Waals surface area contributed by atoms with Gasteiger partial charge in [-0.15, -0.1) is 0 Å². The zero-order chi connectivity index (χ0) is 11.1. The van der Waals surface area contributed by atoms with Crippen molar-refractivity contribution in [3.8, 4) is 0 Å². The van der Waals surface area contributed by atoms with Gasteiger partial charge < -0.3 is 15.7 Å². The number of nitrogens with one attached hydrogen (secondary N) is 2. The maximum atomic E-state index is 10.1. The van der Waals surface area contributed by atoms with E-state index < -0.39 is 6.09 Å². The number of halogens is 1. The highest BCUT2D eigenvalue weighted by Gasteiger charge is 1.95. The van der Waals surface area contributed by atoms with Gasteiger partial charge in [-0.3, -0.25) is 4.98 Å².